The van der Waals surface area contributed by atoms with Crippen LogP contribution in [0.3, 0.4) is 0 Å². The topological polar surface area (TPSA) is 48.7 Å². The second-order valence-electron chi connectivity index (χ2n) is 4.49. The van der Waals surface area contributed by atoms with E-state index in [2.05, 4.69) is 9.97 Å². The number of imidazole rings is 1. The van der Waals surface area contributed by atoms with E-state index in [1.54, 1.807) is 19.4 Å². The summed E-state index contributed by atoms with van der Waals surface area (Å²) in [6.45, 7) is -0.634. The van der Waals surface area contributed by atoms with E-state index >= 15 is 0 Å². The van der Waals surface area contributed by atoms with Gasteiger partial charge in [-0.1, -0.05) is 0 Å². The van der Waals surface area contributed by atoms with E-state index in [1.165, 1.54) is 7.11 Å². The zero-order chi connectivity index (χ0) is 14.8. The molecule has 0 aliphatic heterocycles. The van der Waals surface area contributed by atoms with Gasteiger partial charge in [-0.05, 0) is 18.2 Å². The molecule has 0 spiro atoms. The van der Waals surface area contributed by atoms with Crippen LogP contribution in [0, 0.1) is 0 Å². The summed E-state index contributed by atoms with van der Waals surface area (Å²) < 4.78 is 25.1. The molecule has 3 aromatic heterocycles. The maximum Gasteiger partial charge on any atom is 0.218 e. The van der Waals surface area contributed by atoms with Crippen molar-refractivity contribution < 1.29 is 13.9 Å². The molecule has 0 atom stereocenters. The Morgan fingerprint density at radius 2 is 2.05 bits per heavy atom. The number of aromatic nitrogens is 3. The van der Waals surface area contributed by atoms with E-state index in [4.69, 9.17) is 9.47 Å². The molecular weight excluding hydrogens is 273 g/mol. The van der Waals surface area contributed by atoms with Crippen LogP contribution < -0.4 is 9.47 Å². The Labute approximate surface area is 121 Å². The highest BCUT2D eigenvalue weighted by molar-refractivity contribution is 5.63. The molecule has 0 saturated heterocycles. The Kier molecular flexibility index (Phi) is 3.43. The molecule has 3 heterocycles. The van der Waals surface area contributed by atoms with Crippen molar-refractivity contribution in [2.75, 3.05) is 14.2 Å². The SMILES string of the molecule is COc1ccc2nc(-c3cnc(OC)c(CF)c3)cn2c1. The van der Waals surface area contributed by atoms with Gasteiger partial charge in [-0.3, -0.25) is 0 Å². The molecule has 0 radical (unpaired) electrons. The van der Waals surface area contributed by atoms with Crippen molar-refractivity contribution in [3.05, 3.63) is 42.4 Å². The third kappa shape index (κ3) is 2.40. The van der Waals surface area contributed by atoms with Gasteiger partial charge in [-0.25, -0.2) is 14.4 Å². The summed E-state index contributed by atoms with van der Waals surface area (Å²) in [5.74, 6) is 1.04. The zero-order valence-corrected chi connectivity index (χ0v) is 11.7. The molecule has 0 saturated carbocycles. The highest BCUT2D eigenvalue weighted by Gasteiger charge is 2.10. The van der Waals surface area contributed by atoms with Crippen LogP contribution in [0.4, 0.5) is 4.39 Å². The van der Waals surface area contributed by atoms with Crippen molar-refractivity contribution >= 4 is 5.65 Å². The van der Waals surface area contributed by atoms with Gasteiger partial charge in [0.25, 0.3) is 0 Å². The van der Waals surface area contributed by atoms with E-state index in [1.807, 2.05) is 28.9 Å². The summed E-state index contributed by atoms with van der Waals surface area (Å²) in [7, 11) is 3.08. The maximum atomic E-state index is 13.0. The molecule has 21 heavy (non-hydrogen) atoms. The van der Waals surface area contributed by atoms with Crippen molar-refractivity contribution in [2.45, 2.75) is 6.67 Å². The number of rotatable bonds is 4. The van der Waals surface area contributed by atoms with Crippen LogP contribution in [0.5, 0.6) is 11.6 Å². The standard InChI is InChI=1S/C15H14FN3O2/c1-20-12-3-4-14-18-13(9-19(14)8-12)11-5-10(6-16)15(21-2)17-7-11/h3-5,7-9H,6H2,1-2H3. The minimum atomic E-state index is -0.634. The van der Waals surface area contributed by atoms with Crippen molar-refractivity contribution in [2.24, 2.45) is 0 Å². The molecule has 0 bridgehead atoms. The minimum absolute atomic E-state index is 0.298. The molecule has 108 valence electrons. The molecule has 3 rings (SSSR count). The number of hydrogen-bond donors (Lipinski definition) is 0. The van der Waals surface area contributed by atoms with Crippen LogP contribution in [0.15, 0.2) is 36.8 Å². The summed E-state index contributed by atoms with van der Waals surface area (Å²) in [5.41, 5.74) is 2.65. The summed E-state index contributed by atoms with van der Waals surface area (Å²) in [6, 6.07) is 5.39. The van der Waals surface area contributed by atoms with Crippen LogP contribution in [0.1, 0.15) is 5.56 Å². The monoisotopic (exact) mass is 287 g/mol. The van der Waals surface area contributed by atoms with Crippen molar-refractivity contribution in [3.8, 4) is 22.9 Å². The van der Waals surface area contributed by atoms with Gasteiger partial charge >= 0.3 is 0 Å². The molecular formula is C15H14FN3O2. The summed E-state index contributed by atoms with van der Waals surface area (Å²) in [6.07, 6.45) is 5.30. The highest BCUT2D eigenvalue weighted by atomic mass is 19.1. The van der Waals surface area contributed by atoms with Crippen LogP contribution in [-0.2, 0) is 6.67 Å². The van der Waals surface area contributed by atoms with Crippen LogP contribution >= 0.6 is 0 Å². The van der Waals surface area contributed by atoms with Crippen molar-refractivity contribution in [1.29, 1.82) is 0 Å². The van der Waals surface area contributed by atoms with Gasteiger partial charge < -0.3 is 13.9 Å². The van der Waals surface area contributed by atoms with E-state index in [0.29, 0.717) is 17.1 Å². The van der Waals surface area contributed by atoms with Crippen LogP contribution in [0.25, 0.3) is 16.9 Å². The summed E-state index contributed by atoms with van der Waals surface area (Å²) in [4.78, 5) is 8.61. The van der Waals surface area contributed by atoms with Crippen molar-refractivity contribution in [1.82, 2.24) is 14.4 Å². The normalized spacial score (nSPS) is 10.8. The average Bonchev–Trinajstić information content (AvgIpc) is 2.96. The number of fused-ring (bicyclic) bond motifs is 1. The number of alkyl halides is 1. The van der Waals surface area contributed by atoms with Gasteiger partial charge in [0.15, 0.2) is 0 Å². The third-order valence-electron chi connectivity index (χ3n) is 3.22. The molecule has 0 aliphatic rings. The fourth-order valence-electron chi connectivity index (χ4n) is 2.15. The fourth-order valence-corrected chi connectivity index (χ4v) is 2.15. The van der Waals surface area contributed by atoms with E-state index in [9.17, 15) is 4.39 Å². The maximum absolute atomic E-state index is 13.0. The van der Waals surface area contributed by atoms with Gasteiger partial charge in [0, 0.05) is 23.5 Å². The Bertz CT molecular complexity index is 786. The molecule has 3 aromatic rings. The number of nitrogens with zero attached hydrogens (tertiary/aromatic N) is 3. The first-order chi connectivity index (χ1) is 10.2. The molecule has 0 N–H and O–H groups in total. The smallest absolute Gasteiger partial charge is 0.218 e. The lowest BCUT2D eigenvalue weighted by atomic mass is 10.1. The van der Waals surface area contributed by atoms with Crippen molar-refractivity contribution in [3.63, 3.8) is 0 Å². The van der Waals surface area contributed by atoms with Gasteiger partial charge in [-0.2, -0.15) is 0 Å². The van der Waals surface area contributed by atoms with Crippen LogP contribution in [-0.4, -0.2) is 28.6 Å². The number of pyridine rings is 2. The zero-order valence-electron chi connectivity index (χ0n) is 11.7. The van der Waals surface area contributed by atoms with E-state index < -0.39 is 6.67 Å². The van der Waals surface area contributed by atoms with Gasteiger partial charge in [0.05, 0.1) is 26.1 Å². The number of ether oxygens (including phenoxy) is 2. The van der Waals surface area contributed by atoms with Gasteiger partial charge in [0.1, 0.15) is 18.1 Å². The lowest BCUT2D eigenvalue weighted by Gasteiger charge is -2.05. The first-order valence-corrected chi connectivity index (χ1v) is 6.37. The molecule has 0 amide bonds. The molecule has 0 fully saturated rings. The third-order valence-corrected chi connectivity index (χ3v) is 3.22. The number of hydrogen-bond acceptors (Lipinski definition) is 4. The van der Waals surface area contributed by atoms with Crippen LogP contribution in [0.2, 0.25) is 0 Å². The second-order valence-corrected chi connectivity index (χ2v) is 4.49. The highest BCUT2D eigenvalue weighted by Crippen LogP contribution is 2.25. The largest absolute Gasteiger partial charge is 0.495 e. The average molecular weight is 287 g/mol. The second kappa shape index (κ2) is 5.40. The number of halogens is 1. The Morgan fingerprint density at radius 1 is 1.19 bits per heavy atom. The molecule has 5 nitrogen and oxygen atoms in total. The predicted octanol–water partition coefficient (Wildman–Crippen LogP) is 2.88. The number of methoxy groups -OCH3 is 2. The first-order valence-electron chi connectivity index (χ1n) is 6.37. The fraction of sp³-hybridized carbons (Fsp3) is 0.200. The molecule has 0 aliphatic carbocycles. The van der Waals surface area contributed by atoms with Gasteiger partial charge in [0.2, 0.25) is 5.88 Å². The Balaban J connectivity index is 2.07. The molecule has 0 unspecified atom stereocenters. The van der Waals surface area contributed by atoms with Gasteiger partial charge in [-0.15, -0.1) is 0 Å². The quantitative estimate of drug-likeness (QED) is 0.740. The Hall–Kier alpha value is -2.63. The Morgan fingerprint density at radius 3 is 2.76 bits per heavy atom. The summed E-state index contributed by atoms with van der Waals surface area (Å²) >= 11 is 0. The summed E-state index contributed by atoms with van der Waals surface area (Å²) in [5, 5.41) is 0. The molecule has 6 heteroatoms. The lowest BCUT2D eigenvalue weighted by molar-refractivity contribution is 0.378. The predicted molar refractivity (Wildman–Crippen MR) is 76.3 cm³/mol. The van der Waals surface area contributed by atoms with E-state index in [-0.39, 0.29) is 0 Å². The first kappa shape index (κ1) is 13.4. The van der Waals surface area contributed by atoms with E-state index in [0.717, 1.165) is 17.0 Å². The lowest BCUT2D eigenvalue weighted by Crippen LogP contribution is -1.94. The minimum Gasteiger partial charge on any atom is -0.495 e. The molecule has 0 aromatic carbocycles.